The van der Waals surface area contributed by atoms with Crippen LogP contribution in [-0.2, 0) is 0 Å². The van der Waals surface area contributed by atoms with Gasteiger partial charge in [-0.25, -0.2) is 9.97 Å². The van der Waals surface area contributed by atoms with Crippen LogP contribution in [0.4, 0.5) is 0 Å². The van der Waals surface area contributed by atoms with Crippen LogP contribution in [0.2, 0.25) is 5.28 Å². The molecule has 0 aromatic carbocycles. The van der Waals surface area contributed by atoms with Gasteiger partial charge in [0.1, 0.15) is 5.69 Å². The normalized spacial score (nSPS) is 10.8. The number of carbonyl (C=O) groups is 1. The first kappa shape index (κ1) is 9.61. The average Bonchev–Trinajstić information content (AvgIpc) is 2.57. The van der Waals surface area contributed by atoms with Gasteiger partial charge in [-0.1, -0.05) is 0 Å². The van der Waals surface area contributed by atoms with Crippen molar-refractivity contribution in [3.8, 4) is 0 Å². The van der Waals surface area contributed by atoms with Crippen molar-refractivity contribution in [3.63, 3.8) is 0 Å². The summed E-state index contributed by atoms with van der Waals surface area (Å²) in [5.41, 5.74) is 0.968. The first-order valence-corrected chi connectivity index (χ1v) is 4.96. The number of hydrogen-bond donors (Lipinski definition) is 0. The summed E-state index contributed by atoms with van der Waals surface area (Å²) in [7, 11) is 0. The van der Waals surface area contributed by atoms with Crippen molar-refractivity contribution in [2.45, 2.75) is 6.92 Å². The van der Waals surface area contributed by atoms with Crippen molar-refractivity contribution in [2.75, 3.05) is 0 Å². The van der Waals surface area contributed by atoms with Crippen molar-refractivity contribution in [1.82, 2.24) is 14.4 Å². The number of fused-ring (bicyclic) bond motifs is 1. The van der Waals surface area contributed by atoms with E-state index >= 15 is 0 Å². The quantitative estimate of drug-likeness (QED) is 0.592. The fourth-order valence-corrected chi connectivity index (χ4v) is 1.65. The first-order valence-electron chi connectivity index (χ1n) is 3.79. The summed E-state index contributed by atoms with van der Waals surface area (Å²) < 4.78 is 2.26. The Kier molecular flexibility index (Phi) is 2.28. The molecule has 6 heteroatoms. The molecule has 0 spiro atoms. The number of hydrogen-bond acceptors (Lipinski definition) is 3. The van der Waals surface area contributed by atoms with E-state index in [1.807, 2.05) is 0 Å². The summed E-state index contributed by atoms with van der Waals surface area (Å²) >= 11 is 9.10. The SMILES string of the molecule is CC(=O)c1cn2c(Cl)ncc(Br)c2n1. The molecule has 2 aromatic heterocycles. The predicted molar refractivity (Wildman–Crippen MR) is 55.7 cm³/mol. The Hall–Kier alpha value is -0.940. The van der Waals surface area contributed by atoms with Crippen molar-refractivity contribution >= 4 is 39.0 Å². The molecule has 0 N–H and O–H groups in total. The monoisotopic (exact) mass is 273 g/mol. The second-order valence-electron chi connectivity index (χ2n) is 2.75. The van der Waals surface area contributed by atoms with Crippen molar-refractivity contribution in [2.24, 2.45) is 0 Å². The van der Waals surface area contributed by atoms with E-state index in [1.165, 1.54) is 6.92 Å². The standard InChI is InChI=1S/C8H5BrClN3O/c1-4(14)6-3-13-7(12-6)5(9)2-11-8(13)10/h2-3H,1H3. The maximum atomic E-state index is 11.1. The smallest absolute Gasteiger partial charge is 0.208 e. The average molecular weight is 275 g/mol. The molecule has 14 heavy (non-hydrogen) atoms. The van der Waals surface area contributed by atoms with Crippen LogP contribution >= 0.6 is 27.5 Å². The molecular weight excluding hydrogens is 269 g/mol. The van der Waals surface area contributed by atoms with E-state index in [2.05, 4.69) is 25.9 Å². The van der Waals surface area contributed by atoms with Crippen LogP contribution in [0.15, 0.2) is 16.9 Å². The zero-order chi connectivity index (χ0) is 10.3. The zero-order valence-electron chi connectivity index (χ0n) is 7.16. The van der Waals surface area contributed by atoms with Crippen LogP contribution in [0, 0.1) is 0 Å². The lowest BCUT2D eigenvalue weighted by Gasteiger charge is -1.96. The minimum absolute atomic E-state index is 0.100. The van der Waals surface area contributed by atoms with Crippen LogP contribution in [-0.4, -0.2) is 20.2 Å². The number of Topliss-reactive ketones (excluding diaryl/α,β-unsaturated/α-hetero) is 1. The number of halogens is 2. The number of imidazole rings is 1. The summed E-state index contributed by atoms with van der Waals surface area (Å²) in [5.74, 6) is -0.100. The third-order valence-electron chi connectivity index (χ3n) is 1.76. The highest BCUT2D eigenvalue weighted by atomic mass is 79.9. The molecule has 0 radical (unpaired) electrons. The van der Waals surface area contributed by atoms with Gasteiger partial charge in [0.15, 0.2) is 11.4 Å². The van der Waals surface area contributed by atoms with Gasteiger partial charge < -0.3 is 0 Å². The predicted octanol–water partition coefficient (Wildman–Crippen LogP) is 2.35. The van der Waals surface area contributed by atoms with Crippen LogP contribution in [0.25, 0.3) is 5.65 Å². The molecule has 0 saturated heterocycles. The minimum Gasteiger partial charge on any atom is -0.293 e. The maximum absolute atomic E-state index is 11.1. The van der Waals surface area contributed by atoms with Crippen LogP contribution in [0.1, 0.15) is 17.4 Å². The van der Waals surface area contributed by atoms with Crippen LogP contribution in [0.5, 0.6) is 0 Å². The Bertz CT molecular complexity index is 484. The van der Waals surface area contributed by atoms with Gasteiger partial charge in [0, 0.05) is 19.3 Å². The Balaban J connectivity index is 2.82. The Morgan fingerprint density at radius 3 is 2.93 bits per heavy atom. The molecule has 0 aliphatic heterocycles. The molecule has 4 nitrogen and oxygen atoms in total. The molecule has 0 amide bonds. The van der Waals surface area contributed by atoms with E-state index in [-0.39, 0.29) is 11.1 Å². The van der Waals surface area contributed by atoms with Crippen LogP contribution in [0.3, 0.4) is 0 Å². The highest BCUT2D eigenvalue weighted by Gasteiger charge is 2.10. The highest BCUT2D eigenvalue weighted by molar-refractivity contribution is 9.10. The zero-order valence-corrected chi connectivity index (χ0v) is 9.50. The molecule has 2 aromatic rings. The Morgan fingerprint density at radius 1 is 1.64 bits per heavy atom. The maximum Gasteiger partial charge on any atom is 0.208 e. The summed E-state index contributed by atoms with van der Waals surface area (Å²) in [4.78, 5) is 19.1. The molecular formula is C8H5BrClN3O. The molecule has 0 saturated carbocycles. The lowest BCUT2D eigenvalue weighted by atomic mass is 10.3. The van der Waals surface area contributed by atoms with Gasteiger partial charge in [0.2, 0.25) is 5.28 Å². The number of carbonyl (C=O) groups excluding carboxylic acids is 1. The highest BCUT2D eigenvalue weighted by Crippen LogP contribution is 2.19. The summed E-state index contributed by atoms with van der Waals surface area (Å²) in [5, 5.41) is 0.281. The van der Waals surface area contributed by atoms with E-state index in [0.717, 1.165) is 0 Å². The number of ketones is 1. The van der Waals surface area contributed by atoms with Crippen molar-refractivity contribution in [3.05, 3.63) is 27.8 Å². The van der Waals surface area contributed by atoms with Gasteiger partial charge in [0.05, 0.1) is 4.47 Å². The summed E-state index contributed by atoms with van der Waals surface area (Å²) in [6, 6.07) is 0. The lowest BCUT2D eigenvalue weighted by molar-refractivity contribution is 0.101. The number of rotatable bonds is 1. The minimum atomic E-state index is -0.100. The summed E-state index contributed by atoms with van der Waals surface area (Å²) in [6.45, 7) is 1.46. The topological polar surface area (TPSA) is 47.3 Å². The van der Waals surface area contributed by atoms with Gasteiger partial charge in [-0.05, 0) is 27.5 Å². The number of nitrogens with zero attached hydrogens (tertiary/aromatic N) is 3. The second kappa shape index (κ2) is 3.33. The van der Waals surface area contributed by atoms with Gasteiger partial charge >= 0.3 is 0 Å². The number of aromatic nitrogens is 3. The fraction of sp³-hybridized carbons (Fsp3) is 0.125. The fourth-order valence-electron chi connectivity index (χ4n) is 1.09. The Morgan fingerprint density at radius 2 is 2.36 bits per heavy atom. The third-order valence-corrected chi connectivity index (χ3v) is 2.60. The lowest BCUT2D eigenvalue weighted by Crippen LogP contribution is -1.90. The van der Waals surface area contributed by atoms with E-state index in [1.54, 1.807) is 16.8 Å². The van der Waals surface area contributed by atoms with E-state index in [0.29, 0.717) is 15.8 Å². The van der Waals surface area contributed by atoms with Crippen molar-refractivity contribution in [1.29, 1.82) is 0 Å². The van der Waals surface area contributed by atoms with Crippen LogP contribution < -0.4 is 0 Å². The Labute approximate surface area is 93.1 Å². The molecule has 0 atom stereocenters. The van der Waals surface area contributed by atoms with E-state index in [9.17, 15) is 4.79 Å². The van der Waals surface area contributed by atoms with E-state index in [4.69, 9.17) is 11.6 Å². The third kappa shape index (κ3) is 1.42. The molecule has 2 rings (SSSR count). The molecule has 0 aliphatic rings. The summed E-state index contributed by atoms with van der Waals surface area (Å²) in [6.07, 6.45) is 3.12. The molecule has 0 aliphatic carbocycles. The van der Waals surface area contributed by atoms with Gasteiger partial charge in [-0.2, -0.15) is 0 Å². The molecule has 0 fully saturated rings. The largest absolute Gasteiger partial charge is 0.293 e. The molecule has 0 bridgehead atoms. The first-order chi connectivity index (χ1) is 6.59. The van der Waals surface area contributed by atoms with Gasteiger partial charge in [-0.3, -0.25) is 9.20 Å². The molecule has 0 unspecified atom stereocenters. The molecule has 72 valence electrons. The van der Waals surface area contributed by atoms with Gasteiger partial charge in [0.25, 0.3) is 0 Å². The van der Waals surface area contributed by atoms with E-state index < -0.39 is 0 Å². The molecule has 2 heterocycles. The second-order valence-corrected chi connectivity index (χ2v) is 3.94. The van der Waals surface area contributed by atoms with Crippen molar-refractivity contribution < 1.29 is 4.79 Å². The van der Waals surface area contributed by atoms with Gasteiger partial charge in [-0.15, -0.1) is 0 Å².